The zero-order valence-electron chi connectivity index (χ0n) is 20.0. The van der Waals surface area contributed by atoms with Gasteiger partial charge in [0.25, 0.3) is 0 Å². The highest BCUT2D eigenvalue weighted by Gasteiger charge is 2.31. The van der Waals surface area contributed by atoms with E-state index >= 15 is 0 Å². The van der Waals surface area contributed by atoms with E-state index in [-0.39, 0.29) is 37.7 Å². The number of hydrogen-bond donors (Lipinski definition) is 1. The lowest BCUT2D eigenvalue weighted by Gasteiger charge is -2.34. The van der Waals surface area contributed by atoms with E-state index in [4.69, 9.17) is 4.74 Å². The van der Waals surface area contributed by atoms with E-state index in [1.807, 2.05) is 32.0 Å². The Morgan fingerprint density at radius 2 is 1.71 bits per heavy atom. The number of amides is 2. The number of para-hydroxylation sites is 2. The zero-order valence-corrected chi connectivity index (χ0v) is 20.9. The number of carbonyl (C=O) groups excluding carboxylic acids is 2. The van der Waals surface area contributed by atoms with Gasteiger partial charge in [-0.2, -0.15) is 4.31 Å². The molecule has 1 aliphatic rings. The Hall–Kier alpha value is -2.91. The van der Waals surface area contributed by atoms with Crippen LogP contribution in [0.1, 0.15) is 37.3 Å². The van der Waals surface area contributed by atoms with Crippen LogP contribution in [0.3, 0.4) is 0 Å². The number of aryl methyl sites for hydroxylation is 2. The molecular formula is C25H33N3O5S. The molecular weight excluding hydrogens is 454 g/mol. The minimum Gasteiger partial charge on any atom is -0.491 e. The average Bonchev–Trinajstić information content (AvgIpc) is 2.83. The van der Waals surface area contributed by atoms with Gasteiger partial charge in [-0.1, -0.05) is 31.2 Å². The van der Waals surface area contributed by atoms with Crippen LogP contribution in [-0.4, -0.2) is 62.2 Å². The van der Waals surface area contributed by atoms with E-state index in [9.17, 15) is 18.0 Å². The SMILES string of the molecule is CCCOc1ccccc1NC(=O)CCC(=O)N1CCN(S(=O)(=O)c2cc(C)ccc2C)CC1. The molecule has 0 unspecified atom stereocenters. The van der Waals surface area contributed by atoms with Gasteiger partial charge in [-0.05, 0) is 49.6 Å². The maximum absolute atomic E-state index is 13.1. The summed E-state index contributed by atoms with van der Waals surface area (Å²) in [6, 6.07) is 12.6. The number of piperazine rings is 1. The molecule has 0 aliphatic carbocycles. The smallest absolute Gasteiger partial charge is 0.243 e. The van der Waals surface area contributed by atoms with Crippen LogP contribution in [0.15, 0.2) is 47.4 Å². The van der Waals surface area contributed by atoms with Crippen molar-refractivity contribution in [2.75, 3.05) is 38.1 Å². The Labute approximate surface area is 201 Å². The van der Waals surface area contributed by atoms with Gasteiger partial charge in [0.1, 0.15) is 5.75 Å². The fourth-order valence-corrected chi connectivity index (χ4v) is 5.53. The first-order valence-corrected chi connectivity index (χ1v) is 13.0. The van der Waals surface area contributed by atoms with Crippen LogP contribution in [0.2, 0.25) is 0 Å². The van der Waals surface area contributed by atoms with Crippen molar-refractivity contribution in [1.29, 1.82) is 0 Å². The number of anilines is 1. The standard InChI is InChI=1S/C25H33N3O5S/c1-4-17-33-22-8-6-5-7-21(22)26-24(29)11-12-25(30)27-13-15-28(16-14-27)34(31,32)23-18-19(2)9-10-20(23)3/h5-10,18H,4,11-17H2,1-3H3,(H,26,29). The molecule has 2 aromatic carbocycles. The lowest BCUT2D eigenvalue weighted by atomic mass is 10.2. The summed E-state index contributed by atoms with van der Waals surface area (Å²) in [4.78, 5) is 27.0. The quantitative estimate of drug-likeness (QED) is 0.585. The van der Waals surface area contributed by atoms with Gasteiger partial charge in [-0.25, -0.2) is 8.42 Å². The highest BCUT2D eigenvalue weighted by Crippen LogP contribution is 2.25. The van der Waals surface area contributed by atoms with E-state index in [1.54, 1.807) is 36.1 Å². The fraction of sp³-hybridized carbons (Fsp3) is 0.440. The van der Waals surface area contributed by atoms with Gasteiger partial charge in [-0.15, -0.1) is 0 Å². The molecule has 0 saturated carbocycles. The maximum Gasteiger partial charge on any atom is 0.243 e. The monoisotopic (exact) mass is 487 g/mol. The molecule has 1 saturated heterocycles. The Morgan fingerprint density at radius 1 is 1.00 bits per heavy atom. The van der Waals surface area contributed by atoms with E-state index in [2.05, 4.69) is 5.32 Å². The Balaban J connectivity index is 1.50. The number of rotatable bonds is 9. The summed E-state index contributed by atoms with van der Waals surface area (Å²) < 4.78 is 33.2. The molecule has 2 amide bonds. The van der Waals surface area contributed by atoms with Gasteiger partial charge in [0.15, 0.2) is 0 Å². The first-order valence-electron chi connectivity index (χ1n) is 11.6. The van der Waals surface area contributed by atoms with E-state index in [0.29, 0.717) is 41.6 Å². The number of nitrogens with one attached hydrogen (secondary N) is 1. The largest absolute Gasteiger partial charge is 0.491 e. The molecule has 1 fully saturated rings. The number of ether oxygens (including phenoxy) is 1. The lowest BCUT2D eigenvalue weighted by Crippen LogP contribution is -2.50. The third kappa shape index (κ3) is 6.36. The van der Waals surface area contributed by atoms with Gasteiger partial charge < -0.3 is 15.0 Å². The van der Waals surface area contributed by atoms with Crippen molar-refractivity contribution in [3.63, 3.8) is 0 Å². The second-order valence-corrected chi connectivity index (χ2v) is 10.4. The highest BCUT2D eigenvalue weighted by molar-refractivity contribution is 7.89. The number of carbonyl (C=O) groups is 2. The Morgan fingerprint density at radius 3 is 2.41 bits per heavy atom. The normalized spacial score (nSPS) is 14.6. The van der Waals surface area contributed by atoms with E-state index in [1.165, 1.54) is 4.31 Å². The molecule has 8 nitrogen and oxygen atoms in total. The maximum atomic E-state index is 13.1. The third-order valence-electron chi connectivity index (χ3n) is 5.74. The van der Waals surface area contributed by atoms with E-state index in [0.717, 1.165) is 12.0 Å². The topological polar surface area (TPSA) is 96.0 Å². The summed E-state index contributed by atoms with van der Waals surface area (Å²) in [5.74, 6) is 0.177. The van der Waals surface area contributed by atoms with Crippen molar-refractivity contribution in [2.45, 2.75) is 44.9 Å². The average molecular weight is 488 g/mol. The summed E-state index contributed by atoms with van der Waals surface area (Å²) in [6.07, 6.45) is 0.964. The van der Waals surface area contributed by atoms with Crippen LogP contribution in [0, 0.1) is 13.8 Å². The first-order chi connectivity index (χ1) is 16.2. The van der Waals surface area contributed by atoms with Gasteiger partial charge in [0.2, 0.25) is 21.8 Å². The number of sulfonamides is 1. The zero-order chi connectivity index (χ0) is 24.7. The summed E-state index contributed by atoms with van der Waals surface area (Å²) in [5, 5.41) is 2.81. The molecule has 1 heterocycles. The highest BCUT2D eigenvalue weighted by atomic mass is 32.2. The van der Waals surface area contributed by atoms with Crippen LogP contribution < -0.4 is 10.1 Å². The van der Waals surface area contributed by atoms with Crippen LogP contribution in [0.25, 0.3) is 0 Å². The fourth-order valence-electron chi connectivity index (χ4n) is 3.80. The van der Waals surface area contributed by atoms with Crippen molar-refractivity contribution >= 4 is 27.5 Å². The molecule has 0 aromatic heterocycles. The predicted molar refractivity (Wildman–Crippen MR) is 131 cm³/mol. The molecule has 3 rings (SSSR count). The Bertz CT molecular complexity index is 1130. The first kappa shape index (κ1) is 25.7. The van der Waals surface area contributed by atoms with Crippen LogP contribution in [-0.2, 0) is 19.6 Å². The molecule has 2 aromatic rings. The lowest BCUT2D eigenvalue weighted by molar-refractivity contribution is -0.133. The second kappa shape index (κ2) is 11.5. The number of nitrogens with zero attached hydrogens (tertiary/aromatic N) is 2. The predicted octanol–water partition coefficient (Wildman–Crippen LogP) is 3.34. The second-order valence-electron chi connectivity index (χ2n) is 8.45. The van der Waals surface area contributed by atoms with Crippen molar-refractivity contribution < 1.29 is 22.7 Å². The van der Waals surface area contributed by atoms with Crippen molar-refractivity contribution in [3.8, 4) is 5.75 Å². The molecule has 0 atom stereocenters. The molecule has 0 spiro atoms. The molecule has 0 bridgehead atoms. The van der Waals surface area contributed by atoms with Crippen LogP contribution in [0.5, 0.6) is 5.75 Å². The van der Waals surface area contributed by atoms with Gasteiger partial charge in [0.05, 0.1) is 17.2 Å². The summed E-state index contributed by atoms with van der Waals surface area (Å²) >= 11 is 0. The number of hydrogen-bond acceptors (Lipinski definition) is 5. The summed E-state index contributed by atoms with van der Waals surface area (Å²) in [6.45, 7) is 7.28. The molecule has 34 heavy (non-hydrogen) atoms. The van der Waals surface area contributed by atoms with Gasteiger partial charge in [0, 0.05) is 39.0 Å². The van der Waals surface area contributed by atoms with Gasteiger partial charge >= 0.3 is 0 Å². The molecule has 0 radical (unpaired) electrons. The van der Waals surface area contributed by atoms with Gasteiger partial charge in [-0.3, -0.25) is 9.59 Å². The van der Waals surface area contributed by atoms with Crippen LogP contribution in [0.4, 0.5) is 5.69 Å². The molecule has 1 N–H and O–H groups in total. The molecule has 184 valence electrons. The van der Waals surface area contributed by atoms with Crippen molar-refractivity contribution in [1.82, 2.24) is 9.21 Å². The van der Waals surface area contributed by atoms with Crippen molar-refractivity contribution in [3.05, 3.63) is 53.6 Å². The third-order valence-corrected chi connectivity index (χ3v) is 7.78. The summed E-state index contributed by atoms with van der Waals surface area (Å²) in [5.41, 5.74) is 2.17. The van der Waals surface area contributed by atoms with Crippen LogP contribution >= 0.6 is 0 Å². The molecule has 1 aliphatic heterocycles. The minimum atomic E-state index is -3.62. The number of benzene rings is 2. The summed E-state index contributed by atoms with van der Waals surface area (Å²) in [7, 11) is -3.62. The van der Waals surface area contributed by atoms with E-state index < -0.39 is 10.0 Å². The minimum absolute atomic E-state index is 0.0436. The Kier molecular flexibility index (Phi) is 8.68. The van der Waals surface area contributed by atoms with Crippen molar-refractivity contribution in [2.24, 2.45) is 0 Å². The molecule has 9 heteroatoms.